The molecule has 4 heteroatoms. The van der Waals surface area contributed by atoms with Gasteiger partial charge in [-0.3, -0.25) is 9.63 Å². The largest absolute Gasteiger partial charge is 0.327 e. The Kier molecular flexibility index (Phi) is 4.10. The van der Waals surface area contributed by atoms with E-state index < -0.39 is 0 Å². The van der Waals surface area contributed by atoms with Gasteiger partial charge >= 0.3 is 0 Å². The summed E-state index contributed by atoms with van der Waals surface area (Å²) >= 11 is 0. The Bertz CT molecular complexity index is 285. The molecule has 76 valence electrons. The molecule has 0 heterocycles. The number of amides is 1. The maximum Gasteiger partial charge on any atom is 0.253 e. The molecule has 0 aliphatic rings. The topological polar surface area (TPSA) is 41.6 Å². The first-order valence-corrected chi connectivity index (χ1v) is 4.33. The van der Waals surface area contributed by atoms with Crippen molar-refractivity contribution >= 4 is 5.91 Å². The molecule has 0 aliphatic carbocycles. The number of hydrogen-bond donors (Lipinski definition) is 1. The van der Waals surface area contributed by atoms with Gasteiger partial charge in [-0.05, 0) is 12.1 Å². The zero-order chi connectivity index (χ0) is 10.4. The quantitative estimate of drug-likeness (QED) is 0.571. The van der Waals surface area contributed by atoms with E-state index in [9.17, 15) is 4.79 Å². The molecular weight excluding hydrogens is 180 g/mol. The van der Waals surface area contributed by atoms with Gasteiger partial charge in [0.15, 0.2) is 0 Å². The first kappa shape index (κ1) is 10.7. The van der Waals surface area contributed by atoms with E-state index in [2.05, 4.69) is 5.32 Å². The van der Waals surface area contributed by atoms with Gasteiger partial charge in [-0.15, -0.1) is 0 Å². The van der Waals surface area contributed by atoms with Crippen LogP contribution in [0.5, 0.6) is 0 Å². The summed E-state index contributed by atoms with van der Waals surface area (Å²) in [7, 11) is 3.52. The number of carbonyl (C=O) groups excluding carboxylic acids is 1. The van der Waals surface area contributed by atoms with E-state index >= 15 is 0 Å². The number of carbonyl (C=O) groups is 1. The van der Waals surface area contributed by atoms with Crippen molar-refractivity contribution in [1.29, 1.82) is 0 Å². The summed E-state index contributed by atoms with van der Waals surface area (Å²) in [6, 6.07) is 9.02. The molecule has 0 fully saturated rings. The van der Waals surface area contributed by atoms with E-state index in [1.807, 2.05) is 18.2 Å². The molecule has 0 aromatic heterocycles. The van der Waals surface area contributed by atoms with Crippen molar-refractivity contribution in [3.8, 4) is 0 Å². The van der Waals surface area contributed by atoms with Gasteiger partial charge in [-0.1, -0.05) is 18.2 Å². The molecule has 14 heavy (non-hydrogen) atoms. The fourth-order valence-corrected chi connectivity index (χ4v) is 0.919. The molecule has 1 aromatic rings. The molecule has 4 nitrogen and oxygen atoms in total. The van der Waals surface area contributed by atoms with Gasteiger partial charge in [0, 0.05) is 19.7 Å². The summed E-state index contributed by atoms with van der Waals surface area (Å²) < 4.78 is 0. The molecule has 0 spiro atoms. The maximum absolute atomic E-state index is 11.4. The predicted molar refractivity (Wildman–Crippen MR) is 53.5 cm³/mol. The second-order valence-electron chi connectivity index (χ2n) is 2.96. The third kappa shape index (κ3) is 3.55. The normalized spacial score (nSPS) is 10.2. The fourth-order valence-electron chi connectivity index (χ4n) is 0.919. The standard InChI is InChI=1S/C10H14N2O2/c1-12(2)14-8-11-10(13)9-6-4-3-5-7-9/h3-7H,8H2,1-2H3,(H,11,13). The van der Waals surface area contributed by atoms with Crippen molar-refractivity contribution in [2.75, 3.05) is 20.8 Å². The van der Waals surface area contributed by atoms with Gasteiger partial charge in [0.1, 0.15) is 6.73 Å². The van der Waals surface area contributed by atoms with Crippen LogP contribution in [0.3, 0.4) is 0 Å². The van der Waals surface area contributed by atoms with Crippen LogP contribution in [0.1, 0.15) is 10.4 Å². The molecule has 0 saturated heterocycles. The Hall–Kier alpha value is -1.39. The number of nitrogens with one attached hydrogen (secondary N) is 1. The lowest BCUT2D eigenvalue weighted by molar-refractivity contribution is -0.123. The molecule has 0 bridgehead atoms. The summed E-state index contributed by atoms with van der Waals surface area (Å²) in [6.07, 6.45) is 0. The van der Waals surface area contributed by atoms with Crippen molar-refractivity contribution in [1.82, 2.24) is 10.4 Å². The summed E-state index contributed by atoms with van der Waals surface area (Å²) in [4.78, 5) is 16.5. The van der Waals surface area contributed by atoms with E-state index in [1.54, 1.807) is 26.2 Å². The lowest BCUT2D eigenvalue weighted by Crippen LogP contribution is -2.29. The summed E-state index contributed by atoms with van der Waals surface area (Å²) in [5, 5.41) is 4.16. The second-order valence-corrected chi connectivity index (χ2v) is 2.96. The third-order valence-corrected chi connectivity index (χ3v) is 1.59. The Labute approximate surface area is 83.4 Å². The second kappa shape index (κ2) is 5.36. The van der Waals surface area contributed by atoms with Gasteiger partial charge in [0.2, 0.25) is 0 Å². The number of rotatable bonds is 4. The van der Waals surface area contributed by atoms with E-state index in [4.69, 9.17) is 4.84 Å². The average molecular weight is 194 g/mol. The number of nitrogens with zero attached hydrogens (tertiary/aromatic N) is 1. The number of hydroxylamine groups is 2. The van der Waals surface area contributed by atoms with Crippen LogP contribution in [0.2, 0.25) is 0 Å². The molecule has 0 saturated carbocycles. The smallest absolute Gasteiger partial charge is 0.253 e. The zero-order valence-electron chi connectivity index (χ0n) is 8.36. The highest BCUT2D eigenvalue weighted by molar-refractivity contribution is 5.93. The molecule has 1 aromatic carbocycles. The summed E-state index contributed by atoms with van der Waals surface area (Å²) in [6.45, 7) is 0.181. The SMILES string of the molecule is CN(C)OCNC(=O)c1ccccc1. The average Bonchev–Trinajstić information content (AvgIpc) is 2.18. The minimum atomic E-state index is -0.132. The molecule has 0 atom stereocenters. The van der Waals surface area contributed by atoms with Crippen LogP contribution in [0.4, 0.5) is 0 Å². The van der Waals surface area contributed by atoms with Crippen LogP contribution in [0, 0.1) is 0 Å². The van der Waals surface area contributed by atoms with Crippen LogP contribution in [0.25, 0.3) is 0 Å². The highest BCUT2D eigenvalue weighted by atomic mass is 16.7. The van der Waals surface area contributed by atoms with Gasteiger partial charge < -0.3 is 5.32 Å². The van der Waals surface area contributed by atoms with Crippen molar-refractivity contribution in [2.45, 2.75) is 0 Å². The molecule has 0 unspecified atom stereocenters. The lowest BCUT2D eigenvalue weighted by atomic mass is 10.2. The van der Waals surface area contributed by atoms with Crippen LogP contribution in [-0.2, 0) is 4.84 Å². The molecule has 0 aliphatic heterocycles. The highest BCUT2D eigenvalue weighted by Gasteiger charge is 2.02. The first-order valence-electron chi connectivity index (χ1n) is 4.33. The summed E-state index contributed by atoms with van der Waals surface area (Å²) in [5.41, 5.74) is 0.634. The van der Waals surface area contributed by atoms with Gasteiger partial charge in [0.25, 0.3) is 5.91 Å². The number of hydrogen-bond acceptors (Lipinski definition) is 3. The minimum absolute atomic E-state index is 0.132. The first-order chi connectivity index (χ1) is 6.70. The van der Waals surface area contributed by atoms with E-state index in [1.165, 1.54) is 5.06 Å². The van der Waals surface area contributed by atoms with Gasteiger partial charge in [-0.25, -0.2) is 0 Å². The monoisotopic (exact) mass is 194 g/mol. The van der Waals surface area contributed by atoms with Crippen LogP contribution >= 0.6 is 0 Å². The van der Waals surface area contributed by atoms with Crippen molar-refractivity contribution in [3.05, 3.63) is 35.9 Å². The van der Waals surface area contributed by atoms with E-state index in [0.717, 1.165) is 0 Å². The zero-order valence-corrected chi connectivity index (χ0v) is 8.36. The Morgan fingerprint density at radius 2 is 2.00 bits per heavy atom. The fraction of sp³-hybridized carbons (Fsp3) is 0.300. The van der Waals surface area contributed by atoms with E-state index in [0.29, 0.717) is 5.56 Å². The van der Waals surface area contributed by atoms with Crippen LogP contribution in [-0.4, -0.2) is 31.8 Å². The van der Waals surface area contributed by atoms with Crippen LogP contribution in [0.15, 0.2) is 30.3 Å². The van der Waals surface area contributed by atoms with Gasteiger partial charge in [-0.2, -0.15) is 5.06 Å². The van der Waals surface area contributed by atoms with Crippen molar-refractivity contribution < 1.29 is 9.63 Å². The molecule has 1 rings (SSSR count). The summed E-state index contributed by atoms with van der Waals surface area (Å²) in [5.74, 6) is -0.132. The molecule has 0 radical (unpaired) electrons. The van der Waals surface area contributed by atoms with E-state index in [-0.39, 0.29) is 12.6 Å². The highest BCUT2D eigenvalue weighted by Crippen LogP contribution is 1.97. The predicted octanol–water partition coefficient (Wildman–Crippen LogP) is 0.867. The maximum atomic E-state index is 11.4. The minimum Gasteiger partial charge on any atom is -0.327 e. The number of benzene rings is 1. The molecular formula is C10H14N2O2. The van der Waals surface area contributed by atoms with Crippen LogP contribution < -0.4 is 5.32 Å². The lowest BCUT2D eigenvalue weighted by Gasteiger charge is -2.10. The van der Waals surface area contributed by atoms with Crippen molar-refractivity contribution in [2.24, 2.45) is 0 Å². The third-order valence-electron chi connectivity index (χ3n) is 1.59. The Balaban J connectivity index is 2.36. The Morgan fingerprint density at radius 3 is 2.57 bits per heavy atom. The molecule has 1 amide bonds. The Morgan fingerprint density at radius 1 is 1.36 bits per heavy atom. The van der Waals surface area contributed by atoms with Crippen molar-refractivity contribution in [3.63, 3.8) is 0 Å². The van der Waals surface area contributed by atoms with Gasteiger partial charge in [0.05, 0.1) is 0 Å². The molecule has 1 N–H and O–H groups in total.